The molecule has 0 saturated heterocycles. The standard InChI is InChI=1S/C10H18N4OS2/c1-6(2)5-12-9-13-14-10(17-9)16-7(3)8(15)11-4/h6-7H,5H2,1-4H3,(H,11,15)(H,12,13)/t7-/m1/s1. The van der Waals surface area contributed by atoms with Crippen molar-refractivity contribution in [3.05, 3.63) is 0 Å². The molecule has 1 rings (SSSR count). The number of amides is 1. The molecule has 2 N–H and O–H groups in total. The molecule has 0 aliphatic carbocycles. The van der Waals surface area contributed by atoms with Crippen LogP contribution in [0.25, 0.3) is 0 Å². The summed E-state index contributed by atoms with van der Waals surface area (Å²) in [4.78, 5) is 11.3. The Morgan fingerprint density at radius 2 is 2.12 bits per heavy atom. The molecule has 1 heterocycles. The van der Waals surface area contributed by atoms with Gasteiger partial charge in [0.05, 0.1) is 5.25 Å². The number of nitrogens with one attached hydrogen (secondary N) is 2. The molecule has 96 valence electrons. The number of anilines is 1. The van der Waals surface area contributed by atoms with Crippen molar-refractivity contribution in [2.45, 2.75) is 30.4 Å². The predicted molar refractivity (Wildman–Crippen MR) is 72.6 cm³/mol. The lowest BCUT2D eigenvalue weighted by Gasteiger charge is -2.06. The molecule has 1 aromatic heterocycles. The number of carbonyl (C=O) groups excluding carboxylic acids is 1. The van der Waals surface area contributed by atoms with Crippen LogP contribution in [0.2, 0.25) is 0 Å². The molecule has 0 aromatic carbocycles. The molecule has 5 nitrogen and oxygen atoms in total. The van der Waals surface area contributed by atoms with Gasteiger partial charge in [-0.15, -0.1) is 10.2 Å². The van der Waals surface area contributed by atoms with Crippen LogP contribution in [0, 0.1) is 5.92 Å². The zero-order chi connectivity index (χ0) is 12.8. The number of nitrogens with zero attached hydrogens (tertiary/aromatic N) is 2. The van der Waals surface area contributed by atoms with Gasteiger partial charge < -0.3 is 10.6 Å². The van der Waals surface area contributed by atoms with Crippen LogP contribution in [0.5, 0.6) is 0 Å². The summed E-state index contributed by atoms with van der Waals surface area (Å²) in [7, 11) is 1.63. The van der Waals surface area contributed by atoms with Crippen LogP contribution in [0.4, 0.5) is 5.13 Å². The average molecular weight is 274 g/mol. The number of aromatic nitrogens is 2. The maximum Gasteiger partial charge on any atom is 0.233 e. The Morgan fingerprint density at radius 1 is 1.41 bits per heavy atom. The highest BCUT2D eigenvalue weighted by Crippen LogP contribution is 2.28. The minimum Gasteiger partial charge on any atom is -0.360 e. The molecule has 0 saturated carbocycles. The second-order valence-electron chi connectivity index (χ2n) is 4.02. The summed E-state index contributed by atoms with van der Waals surface area (Å²) in [6, 6.07) is 0. The number of hydrogen-bond acceptors (Lipinski definition) is 6. The first-order valence-electron chi connectivity index (χ1n) is 5.48. The summed E-state index contributed by atoms with van der Waals surface area (Å²) in [6.07, 6.45) is 0. The molecule has 1 amide bonds. The molecule has 0 aliphatic heterocycles. The first kappa shape index (κ1) is 14.2. The van der Waals surface area contributed by atoms with Crippen LogP contribution >= 0.6 is 23.1 Å². The van der Waals surface area contributed by atoms with E-state index in [2.05, 4.69) is 34.7 Å². The number of carbonyl (C=O) groups is 1. The van der Waals surface area contributed by atoms with Gasteiger partial charge in [0.1, 0.15) is 0 Å². The number of thioether (sulfide) groups is 1. The largest absolute Gasteiger partial charge is 0.360 e. The Hall–Kier alpha value is -0.820. The van der Waals surface area contributed by atoms with Crippen molar-refractivity contribution in [1.82, 2.24) is 15.5 Å². The molecular weight excluding hydrogens is 256 g/mol. The fraction of sp³-hybridized carbons (Fsp3) is 0.700. The van der Waals surface area contributed by atoms with E-state index in [0.717, 1.165) is 16.0 Å². The van der Waals surface area contributed by atoms with E-state index in [1.807, 2.05) is 6.92 Å². The van der Waals surface area contributed by atoms with Gasteiger partial charge in [0, 0.05) is 13.6 Å². The first-order valence-corrected chi connectivity index (χ1v) is 7.18. The van der Waals surface area contributed by atoms with Crippen LogP contribution in [-0.2, 0) is 4.79 Å². The van der Waals surface area contributed by atoms with Gasteiger partial charge in [0.15, 0.2) is 4.34 Å². The smallest absolute Gasteiger partial charge is 0.233 e. The van der Waals surface area contributed by atoms with E-state index in [9.17, 15) is 4.79 Å². The van der Waals surface area contributed by atoms with Crippen LogP contribution in [0.3, 0.4) is 0 Å². The predicted octanol–water partition coefficient (Wildman–Crippen LogP) is 1.83. The Balaban J connectivity index is 2.48. The summed E-state index contributed by atoms with van der Waals surface area (Å²) in [6.45, 7) is 7.01. The van der Waals surface area contributed by atoms with Crippen molar-refractivity contribution in [2.24, 2.45) is 5.92 Å². The molecular formula is C10H18N4OS2. The lowest BCUT2D eigenvalue weighted by molar-refractivity contribution is -0.119. The Bertz CT molecular complexity index is 367. The fourth-order valence-electron chi connectivity index (χ4n) is 1.03. The first-order chi connectivity index (χ1) is 8.02. The maximum absolute atomic E-state index is 11.3. The SMILES string of the molecule is CNC(=O)[C@@H](C)Sc1nnc(NCC(C)C)s1. The van der Waals surface area contributed by atoms with Gasteiger partial charge in [0.2, 0.25) is 11.0 Å². The summed E-state index contributed by atoms with van der Waals surface area (Å²) >= 11 is 2.90. The van der Waals surface area contributed by atoms with E-state index in [1.165, 1.54) is 23.1 Å². The Morgan fingerprint density at radius 3 is 2.71 bits per heavy atom. The fourth-order valence-corrected chi connectivity index (χ4v) is 2.99. The Kier molecular flexibility index (Phi) is 5.70. The highest BCUT2D eigenvalue weighted by Gasteiger charge is 2.15. The van der Waals surface area contributed by atoms with Crippen molar-refractivity contribution in [3.8, 4) is 0 Å². The third-order valence-electron chi connectivity index (χ3n) is 1.96. The molecule has 0 fully saturated rings. The zero-order valence-electron chi connectivity index (χ0n) is 10.5. The molecule has 1 aromatic rings. The van der Waals surface area contributed by atoms with Crippen LogP contribution in [-0.4, -0.2) is 34.9 Å². The van der Waals surface area contributed by atoms with Crippen molar-refractivity contribution >= 4 is 34.1 Å². The summed E-state index contributed by atoms with van der Waals surface area (Å²) in [5.41, 5.74) is 0. The molecule has 7 heteroatoms. The maximum atomic E-state index is 11.3. The van der Waals surface area contributed by atoms with Crippen LogP contribution in [0.15, 0.2) is 4.34 Å². The summed E-state index contributed by atoms with van der Waals surface area (Å²) < 4.78 is 0.812. The lowest BCUT2D eigenvalue weighted by Crippen LogP contribution is -2.27. The van der Waals surface area contributed by atoms with Gasteiger partial charge in [0.25, 0.3) is 0 Å². The average Bonchev–Trinajstić information content (AvgIpc) is 2.73. The van der Waals surface area contributed by atoms with Gasteiger partial charge in [-0.3, -0.25) is 4.79 Å². The number of rotatable bonds is 6. The molecule has 1 atom stereocenters. The third kappa shape index (κ3) is 4.91. The van der Waals surface area contributed by atoms with Crippen molar-refractivity contribution in [2.75, 3.05) is 18.9 Å². The van der Waals surface area contributed by atoms with E-state index in [4.69, 9.17) is 0 Å². The van der Waals surface area contributed by atoms with Gasteiger partial charge in [-0.2, -0.15) is 0 Å². The van der Waals surface area contributed by atoms with E-state index in [0.29, 0.717) is 5.92 Å². The minimum atomic E-state index is -0.147. The number of hydrogen-bond donors (Lipinski definition) is 2. The van der Waals surface area contributed by atoms with Gasteiger partial charge in [-0.05, 0) is 12.8 Å². The summed E-state index contributed by atoms with van der Waals surface area (Å²) in [5.74, 6) is 0.571. The van der Waals surface area contributed by atoms with Gasteiger partial charge >= 0.3 is 0 Å². The van der Waals surface area contributed by atoms with Crippen LogP contribution < -0.4 is 10.6 Å². The Labute approximate surface area is 110 Å². The van der Waals surface area contributed by atoms with Crippen LogP contribution in [0.1, 0.15) is 20.8 Å². The van der Waals surface area contributed by atoms with E-state index < -0.39 is 0 Å². The topological polar surface area (TPSA) is 66.9 Å². The molecule has 0 radical (unpaired) electrons. The molecule has 0 unspecified atom stereocenters. The monoisotopic (exact) mass is 274 g/mol. The molecule has 0 aliphatic rings. The second-order valence-corrected chi connectivity index (χ2v) is 6.59. The summed E-state index contributed by atoms with van der Waals surface area (Å²) in [5, 5.41) is 14.6. The van der Waals surface area contributed by atoms with Crippen molar-refractivity contribution in [3.63, 3.8) is 0 Å². The normalized spacial score (nSPS) is 12.5. The molecule has 0 spiro atoms. The quantitative estimate of drug-likeness (QED) is 0.775. The minimum absolute atomic E-state index is 0.00175. The van der Waals surface area contributed by atoms with E-state index >= 15 is 0 Å². The highest BCUT2D eigenvalue weighted by atomic mass is 32.2. The van der Waals surface area contributed by atoms with E-state index in [-0.39, 0.29) is 11.2 Å². The highest BCUT2D eigenvalue weighted by molar-refractivity contribution is 8.02. The molecule has 17 heavy (non-hydrogen) atoms. The van der Waals surface area contributed by atoms with Crippen molar-refractivity contribution < 1.29 is 4.79 Å². The van der Waals surface area contributed by atoms with Crippen molar-refractivity contribution in [1.29, 1.82) is 0 Å². The van der Waals surface area contributed by atoms with E-state index in [1.54, 1.807) is 7.05 Å². The van der Waals surface area contributed by atoms with Gasteiger partial charge in [-0.25, -0.2) is 0 Å². The third-order valence-corrected chi connectivity index (χ3v) is 4.03. The lowest BCUT2D eigenvalue weighted by atomic mass is 10.2. The second kappa shape index (κ2) is 6.80. The zero-order valence-corrected chi connectivity index (χ0v) is 12.1. The molecule has 0 bridgehead atoms. The van der Waals surface area contributed by atoms with Gasteiger partial charge in [-0.1, -0.05) is 36.9 Å².